The first-order chi connectivity index (χ1) is 10.5. The van der Waals surface area contributed by atoms with Gasteiger partial charge in [-0.15, -0.1) is 0 Å². The highest BCUT2D eigenvalue weighted by Crippen LogP contribution is 2.24. The predicted octanol–water partition coefficient (Wildman–Crippen LogP) is 2.71. The molecule has 1 saturated heterocycles. The lowest BCUT2D eigenvalue weighted by Crippen LogP contribution is -2.28. The summed E-state index contributed by atoms with van der Waals surface area (Å²) in [5, 5.41) is 5.80. The van der Waals surface area contributed by atoms with E-state index in [0.29, 0.717) is 5.17 Å². The third-order valence-electron chi connectivity index (χ3n) is 3.49. The summed E-state index contributed by atoms with van der Waals surface area (Å²) in [4.78, 5) is 28.4. The largest absolute Gasteiger partial charge is 0.326 e. The van der Waals surface area contributed by atoms with Crippen LogP contribution < -0.4 is 10.6 Å². The number of amides is 2. The van der Waals surface area contributed by atoms with Crippen LogP contribution in [0.25, 0.3) is 0 Å². The van der Waals surface area contributed by atoms with Crippen molar-refractivity contribution in [2.75, 3.05) is 5.32 Å². The molecular formula is C16H21N3O2S. The Hall–Kier alpha value is -1.82. The van der Waals surface area contributed by atoms with Gasteiger partial charge in [0.15, 0.2) is 5.17 Å². The van der Waals surface area contributed by atoms with Crippen LogP contribution in [0, 0.1) is 6.92 Å². The normalized spacial score (nSPS) is 20.8. The molecule has 0 spiro atoms. The Morgan fingerprint density at radius 2 is 2.18 bits per heavy atom. The molecule has 1 aromatic rings. The maximum absolute atomic E-state index is 12.1. The molecule has 2 rings (SSSR count). The van der Waals surface area contributed by atoms with E-state index < -0.39 is 5.25 Å². The van der Waals surface area contributed by atoms with E-state index in [1.165, 1.54) is 11.8 Å². The minimum absolute atomic E-state index is 0.143. The fourth-order valence-corrected chi connectivity index (χ4v) is 3.05. The maximum Gasteiger partial charge on any atom is 0.240 e. The average molecular weight is 319 g/mol. The minimum Gasteiger partial charge on any atom is -0.326 e. The van der Waals surface area contributed by atoms with E-state index in [1.807, 2.05) is 45.0 Å². The van der Waals surface area contributed by atoms with Crippen molar-refractivity contribution in [2.45, 2.75) is 44.9 Å². The van der Waals surface area contributed by atoms with Crippen LogP contribution in [0.1, 0.15) is 32.3 Å². The third kappa shape index (κ3) is 4.34. The molecule has 0 aromatic heterocycles. The Morgan fingerprint density at radius 3 is 2.86 bits per heavy atom. The Morgan fingerprint density at radius 1 is 1.45 bits per heavy atom. The first-order valence-corrected chi connectivity index (χ1v) is 8.28. The Balaban J connectivity index is 1.94. The lowest BCUT2D eigenvalue weighted by Gasteiger charge is -2.09. The standard InChI is InChI=1S/C16H21N3O2S/c1-4-11(3)17-16-19-15(21)13(22-16)9-14(20)18-12-8-6-5-7-10(12)2/h5-8,11,13H,4,9H2,1-3H3,(H,18,20)(H,17,19,21)/t11-,13+/m1/s1. The zero-order valence-electron chi connectivity index (χ0n) is 13.1. The number of nitrogens with zero attached hydrogens (tertiary/aromatic N) is 1. The van der Waals surface area contributed by atoms with Crippen molar-refractivity contribution in [3.63, 3.8) is 0 Å². The lowest BCUT2D eigenvalue weighted by molar-refractivity contribution is -0.122. The molecule has 5 nitrogen and oxygen atoms in total. The number of rotatable bonds is 5. The van der Waals surface area contributed by atoms with Crippen molar-refractivity contribution in [1.82, 2.24) is 5.32 Å². The number of anilines is 1. The van der Waals surface area contributed by atoms with Crippen LogP contribution >= 0.6 is 11.8 Å². The van der Waals surface area contributed by atoms with E-state index in [2.05, 4.69) is 15.6 Å². The van der Waals surface area contributed by atoms with Gasteiger partial charge in [0, 0.05) is 18.2 Å². The molecule has 0 saturated carbocycles. The number of nitrogens with one attached hydrogen (secondary N) is 2. The molecule has 1 aliphatic rings. The molecule has 22 heavy (non-hydrogen) atoms. The van der Waals surface area contributed by atoms with E-state index in [9.17, 15) is 9.59 Å². The summed E-state index contributed by atoms with van der Waals surface area (Å²) in [6.45, 7) is 5.98. The number of amidine groups is 1. The highest BCUT2D eigenvalue weighted by Gasteiger charge is 2.32. The second kappa shape index (κ2) is 7.45. The first-order valence-electron chi connectivity index (χ1n) is 7.40. The number of carbonyl (C=O) groups is 2. The second-order valence-electron chi connectivity index (χ2n) is 5.35. The van der Waals surface area contributed by atoms with E-state index in [1.54, 1.807) is 0 Å². The van der Waals surface area contributed by atoms with Gasteiger partial charge in [-0.25, -0.2) is 0 Å². The van der Waals surface area contributed by atoms with E-state index >= 15 is 0 Å². The molecule has 6 heteroatoms. The number of aryl methyl sites for hydroxylation is 1. The molecule has 2 N–H and O–H groups in total. The molecular weight excluding hydrogens is 298 g/mol. The molecule has 2 amide bonds. The summed E-state index contributed by atoms with van der Waals surface area (Å²) in [6.07, 6.45) is 1.06. The van der Waals surface area contributed by atoms with Crippen LogP contribution in [0.4, 0.5) is 5.69 Å². The molecule has 2 atom stereocenters. The van der Waals surface area contributed by atoms with Gasteiger partial charge in [0.1, 0.15) is 5.25 Å². The number of carbonyl (C=O) groups excluding carboxylic acids is 2. The van der Waals surface area contributed by atoms with Crippen LogP contribution in [0.3, 0.4) is 0 Å². The topological polar surface area (TPSA) is 70.6 Å². The van der Waals surface area contributed by atoms with Gasteiger partial charge in [-0.3, -0.25) is 14.6 Å². The lowest BCUT2D eigenvalue weighted by atomic mass is 10.2. The summed E-state index contributed by atoms with van der Waals surface area (Å²) >= 11 is 1.33. The van der Waals surface area contributed by atoms with Gasteiger partial charge in [-0.1, -0.05) is 36.9 Å². The highest BCUT2D eigenvalue weighted by atomic mass is 32.2. The van der Waals surface area contributed by atoms with Crippen LogP contribution in [-0.2, 0) is 9.59 Å². The van der Waals surface area contributed by atoms with Crippen molar-refractivity contribution in [1.29, 1.82) is 0 Å². The van der Waals surface area contributed by atoms with Gasteiger partial charge in [0.05, 0.1) is 0 Å². The van der Waals surface area contributed by atoms with E-state index in [-0.39, 0.29) is 24.3 Å². The summed E-state index contributed by atoms with van der Waals surface area (Å²) in [7, 11) is 0. The summed E-state index contributed by atoms with van der Waals surface area (Å²) in [5.74, 6) is -0.307. The Kier molecular flexibility index (Phi) is 5.60. The summed E-state index contributed by atoms with van der Waals surface area (Å²) < 4.78 is 0. The van der Waals surface area contributed by atoms with Crippen molar-refractivity contribution < 1.29 is 9.59 Å². The molecule has 0 unspecified atom stereocenters. The molecule has 0 aliphatic carbocycles. The zero-order valence-corrected chi connectivity index (χ0v) is 13.9. The van der Waals surface area contributed by atoms with Gasteiger partial charge in [-0.2, -0.15) is 0 Å². The van der Waals surface area contributed by atoms with Crippen molar-refractivity contribution in [2.24, 2.45) is 4.99 Å². The monoisotopic (exact) mass is 319 g/mol. The quantitative estimate of drug-likeness (QED) is 0.876. The number of aliphatic imine (C=N–C) groups is 1. The molecule has 1 aliphatic heterocycles. The molecule has 0 radical (unpaired) electrons. The smallest absolute Gasteiger partial charge is 0.240 e. The maximum atomic E-state index is 12.1. The fourth-order valence-electron chi connectivity index (χ4n) is 1.97. The number of para-hydroxylation sites is 1. The SMILES string of the molecule is CC[C@@H](C)N=C1NC(=O)[C@H](CC(=O)Nc2ccccc2C)S1. The van der Waals surface area contributed by atoms with Crippen LogP contribution in [0.15, 0.2) is 29.3 Å². The number of thioether (sulfide) groups is 1. The van der Waals surface area contributed by atoms with Gasteiger partial charge < -0.3 is 10.6 Å². The Labute approximate surface area is 135 Å². The van der Waals surface area contributed by atoms with Crippen molar-refractivity contribution in [3.8, 4) is 0 Å². The molecule has 1 aromatic carbocycles. The first kappa shape index (κ1) is 16.5. The number of hydrogen-bond donors (Lipinski definition) is 2. The molecule has 1 heterocycles. The third-order valence-corrected chi connectivity index (χ3v) is 4.59. The molecule has 0 bridgehead atoms. The van der Waals surface area contributed by atoms with Gasteiger partial charge in [0.2, 0.25) is 11.8 Å². The number of benzene rings is 1. The van der Waals surface area contributed by atoms with Crippen LogP contribution in [-0.4, -0.2) is 28.3 Å². The zero-order chi connectivity index (χ0) is 16.1. The van der Waals surface area contributed by atoms with Gasteiger partial charge in [-0.05, 0) is 31.9 Å². The van der Waals surface area contributed by atoms with Crippen molar-refractivity contribution >= 4 is 34.4 Å². The van der Waals surface area contributed by atoms with Crippen LogP contribution in [0.5, 0.6) is 0 Å². The molecule has 118 valence electrons. The van der Waals surface area contributed by atoms with Gasteiger partial charge in [0.25, 0.3) is 0 Å². The second-order valence-corrected chi connectivity index (χ2v) is 6.55. The van der Waals surface area contributed by atoms with Crippen molar-refractivity contribution in [3.05, 3.63) is 29.8 Å². The highest BCUT2D eigenvalue weighted by molar-refractivity contribution is 8.15. The predicted molar refractivity (Wildman–Crippen MR) is 91.1 cm³/mol. The van der Waals surface area contributed by atoms with E-state index in [4.69, 9.17) is 0 Å². The van der Waals surface area contributed by atoms with E-state index in [0.717, 1.165) is 17.7 Å². The van der Waals surface area contributed by atoms with Gasteiger partial charge >= 0.3 is 0 Å². The van der Waals surface area contributed by atoms with Crippen LogP contribution in [0.2, 0.25) is 0 Å². The number of hydrogen-bond acceptors (Lipinski definition) is 4. The summed E-state index contributed by atoms with van der Waals surface area (Å²) in [6, 6.07) is 7.75. The summed E-state index contributed by atoms with van der Waals surface area (Å²) in [5.41, 5.74) is 1.78. The average Bonchev–Trinajstić information content (AvgIpc) is 2.81. The Bertz CT molecular complexity index is 601. The fraction of sp³-hybridized carbons (Fsp3) is 0.438. The molecule has 1 fully saturated rings. The minimum atomic E-state index is -0.410.